The molecule has 0 bridgehead atoms. The van der Waals surface area contributed by atoms with Gasteiger partial charge in [-0.15, -0.1) is 0 Å². The van der Waals surface area contributed by atoms with E-state index in [2.05, 4.69) is 32.2 Å². The lowest BCUT2D eigenvalue weighted by Gasteiger charge is -2.26. The van der Waals surface area contributed by atoms with Crippen molar-refractivity contribution in [3.63, 3.8) is 0 Å². The summed E-state index contributed by atoms with van der Waals surface area (Å²) in [4.78, 5) is 38.0. The Labute approximate surface area is 224 Å². The van der Waals surface area contributed by atoms with Gasteiger partial charge < -0.3 is 30.2 Å². The quantitative estimate of drug-likeness (QED) is 0.149. The van der Waals surface area contributed by atoms with Crippen LogP contribution in [0.3, 0.4) is 0 Å². The molecule has 0 aliphatic carbocycles. The Morgan fingerprint density at radius 2 is 2.03 bits per heavy atom. The molecule has 8 atom stereocenters. The maximum absolute atomic E-state index is 13.2. The van der Waals surface area contributed by atoms with Gasteiger partial charge >= 0.3 is 12.5 Å². The molecule has 0 amide bonds. The number of thiol groups is 1. The molecule has 212 valence electrons. The highest BCUT2D eigenvalue weighted by molar-refractivity contribution is 8.44. The average Bonchev–Trinajstić information content (AvgIpc) is 3.58. The van der Waals surface area contributed by atoms with Gasteiger partial charge in [-0.3, -0.25) is 28.0 Å². The third kappa shape index (κ3) is 5.52. The van der Waals surface area contributed by atoms with E-state index in [1.54, 1.807) is 4.57 Å². The summed E-state index contributed by atoms with van der Waals surface area (Å²) < 4.78 is 43.9. The van der Waals surface area contributed by atoms with Gasteiger partial charge in [-0.05, 0) is 0 Å². The smallest absolute Gasteiger partial charge is 0.386 e. The van der Waals surface area contributed by atoms with Crippen LogP contribution in [0.15, 0.2) is 34.5 Å². The van der Waals surface area contributed by atoms with Crippen LogP contribution < -0.4 is 17.0 Å². The molecule has 2 saturated heterocycles. The Balaban J connectivity index is 1.26. The molecule has 5 heterocycles. The number of nitrogens with zero attached hydrogens (tertiary/aromatic N) is 5. The van der Waals surface area contributed by atoms with Crippen LogP contribution in [0.2, 0.25) is 0 Å². The Morgan fingerprint density at radius 3 is 2.74 bits per heavy atom. The number of hydrogen-bond donors (Lipinski definition) is 5. The summed E-state index contributed by atoms with van der Waals surface area (Å²) in [6, 6.07) is 1.11. The highest BCUT2D eigenvalue weighted by atomic mass is 32.7. The second kappa shape index (κ2) is 11.1. The largest absolute Gasteiger partial charge is 0.394 e. The lowest BCUT2D eigenvalue weighted by molar-refractivity contribution is -0.0625. The molecular formula is C20H26N7O10PS. The number of aromatic nitrogens is 6. The van der Waals surface area contributed by atoms with Crippen molar-refractivity contribution >= 4 is 36.0 Å². The number of fused-ring (bicyclic) bond motifs is 1. The molecule has 17 nitrogen and oxygen atoms in total. The van der Waals surface area contributed by atoms with Crippen LogP contribution in [-0.2, 0) is 27.8 Å². The molecule has 0 saturated carbocycles. The van der Waals surface area contributed by atoms with Crippen LogP contribution in [0, 0.1) is 0 Å². The van der Waals surface area contributed by atoms with Crippen molar-refractivity contribution in [1.82, 2.24) is 29.1 Å². The lowest BCUT2D eigenvalue weighted by Crippen LogP contribution is -2.39. The van der Waals surface area contributed by atoms with Crippen LogP contribution in [-0.4, -0.2) is 90.1 Å². The molecule has 19 heteroatoms. The van der Waals surface area contributed by atoms with E-state index < -0.39 is 67.6 Å². The lowest BCUT2D eigenvalue weighted by atomic mass is 10.1. The Kier molecular flexibility index (Phi) is 7.91. The van der Waals surface area contributed by atoms with Gasteiger partial charge in [-0.25, -0.2) is 24.3 Å². The molecule has 39 heavy (non-hydrogen) atoms. The number of nitrogens with two attached hydrogens (primary N) is 1. The van der Waals surface area contributed by atoms with E-state index in [0.717, 1.165) is 10.6 Å². The van der Waals surface area contributed by atoms with Crippen molar-refractivity contribution in [3.8, 4) is 0 Å². The number of nitrogen functional groups attached to an aromatic ring is 1. The molecule has 3 aromatic rings. The summed E-state index contributed by atoms with van der Waals surface area (Å²) >= 11 is 4.03. The van der Waals surface area contributed by atoms with Gasteiger partial charge in [0.25, 0.3) is 5.56 Å². The molecule has 3 aromatic heterocycles. The van der Waals surface area contributed by atoms with Crippen LogP contribution in [0.25, 0.3) is 11.2 Å². The number of nitrogens with one attached hydrogen (secondary N) is 1. The standard InChI is InChI=1S/C20H26N7O10PS/c1-33-16-15(10(5-28)36-19(16)26-3-2-12(30)25-20(26)31)37-38(32,39)34-6-11-9(29)4-13(35-11)27-8-24-14-17(21)22-7-23-18(14)27/h2-3,7-11,13,15-16,19,28-29H,4-6H2,1H3,(H,32,39)(H2,21,22,23)(H,25,30,31)/t9-,10-,11-,13?,15?,16+,19-,38?/m1/s1. The minimum Gasteiger partial charge on any atom is -0.394 e. The first-order chi connectivity index (χ1) is 18.6. The SMILES string of the molecule is CO[C@H]1C(OP(=O)(S)OC[C@H]2OC(n3cnc4c(N)ncnc43)C[C@H]2O)[C@@H](CO)O[C@H]1n1ccc(=O)[nH]c1=O. The first-order valence-electron chi connectivity index (χ1n) is 11.6. The predicted octanol–water partition coefficient (Wildman–Crippen LogP) is -1.05. The Hall–Kier alpha value is -2.67. The molecule has 5 N–H and O–H groups in total. The Bertz CT molecular complexity index is 1500. The summed E-state index contributed by atoms with van der Waals surface area (Å²) in [5.41, 5.74) is 5.24. The van der Waals surface area contributed by atoms with E-state index in [-0.39, 0.29) is 18.8 Å². The number of imidazole rings is 1. The summed E-state index contributed by atoms with van der Waals surface area (Å²) in [6.45, 7) is -5.09. The van der Waals surface area contributed by atoms with Crippen molar-refractivity contribution in [3.05, 3.63) is 45.8 Å². The van der Waals surface area contributed by atoms with E-state index in [0.29, 0.717) is 11.2 Å². The Morgan fingerprint density at radius 1 is 1.23 bits per heavy atom. The van der Waals surface area contributed by atoms with E-state index in [4.69, 9.17) is 29.0 Å². The van der Waals surface area contributed by atoms with Crippen LogP contribution in [0.5, 0.6) is 0 Å². The van der Waals surface area contributed by atoms with Gasteiger partial charge in [-0.1, -0.05) is 12.2 Å². The average molecular weight is 588 g/mol. The number of hydrogen-bond acceptors (Lipinski definition) is 14. The number of methoxy groups -OCH3 is 1. The van der Waals surface area contributed by atoms with Gasteiger partial charge in [0.15, 0.2) is 17.7 Å². The fraction of sp³-hybridized carbons (Fsp3) is 0.550. The molecule has 2 aliphatic heterocycles. The maximum Gasteiger partial charge on any atom is 0.386 e. The van der Waals surface area contributed by atoms with Crippen molar-refractivity contribution in [2.45, 2.75) is 49.4 Å². The van der Waals surface area contributed by atoms with Gasteiger partial charge in [0, 0.05) is 25.8 Å². The first kappa shape index (κ1) is 27.9. The number of aliphatic hydroxyl groups excluding tert-OH is 2. The van der Waals surface area contributed by atoms with Gasteiger partial charge in [0.2, 0.25) is 0 Å². The molecule has 0 aromatic carbocycles. The molecule has 3 unspecified atom stereocenters. The van der Waals surface area contributed by atoms with E-state index >= 15 is 0 Å². The van der Waals surface area contributed by atoms with Crippen LogP contribution >= 0.6 is 19.0 Å². The van der Waals surface area contributed by atoms with E-state index in [9.17, 15) is 24.4 Å². The first-order valence-corrected chi connectivity index (χ1v) is 14.3. The fourth-order valence-electron chi connectivity index (χ4n) is 4.55. The molecule has 2 aliphatic rings. The molecule has 5 rings (SSSR count). The van der Waals surface area contributed by atoms with Crippen molar-refractivity contribution in [1.29, 1.82) is 0 Å². The summed E-state index contributed by atoms with van der Waals surface area (Å²) in [5.74, 6) is 0.199. The monoisotopic (exact) mass is 587 g/mol. The zero-order valence-electron chi connectivity index (χ0n) is 20.3. The summed E-state index contributed by atoms with van der Waals surface area (Å²) in [6.07, 6.45) is -2.89. The van der Waals surface area contributed by atoms with Gasteiger partial charge in [-0.2, -0.15) is 0 Å². The second-order valence-electron chi connectivity index (χ2n) is 8.81. The number of rotatable bonds is 9. The van der Waals surface area contributed by atoms with Crippen LogP contribution in [0.4, 0.5) is 5.82 Å². The zero-order chi connectivity index (χ0) is 27.9. The van der Waals surface area contributed by atoms with Gasteiger partial charge in [0.1, 0.15) is 42.5 Å². The second-order valence-corrected chi connectivity index (χ2v) is 11.7. The predicted molar refractivity (Wildman–Crippen MR) is 135 cm³/mol. The number of ether oxygens (including phenoxy) is 3. The number of H-pyrrole nitrogens is 1. The molecule has 2 fully saturated rings. The van der Waals surface area contributed by atoms with Crippen molar-refractivity contribution in [2.24, 2.45) is 0 Å². The molecule has 0 radical (unpaired) electrons. The number of anilines is 1. The van der Waals surface area contributed by atoms with E-state index in [1.165, 1.54) is 26.0 Å². The fourth-order valence-corrected chi connectivity index (χ4v) is 6.04. The third-order valence-electron chi connectivity index (χ3n) is 6.42. The zero-order valence-corrected chi connectivity index (χ0v) is 22.1. The third-order valence-corrected chi connectivity index (χ3v) is 8.04. The highest BCUT2D eigenvalue weighted by Gasteiger charge is 2.50. The maximum atomic E-state index is 13.2. The van der Waals surface area contributed by atoms with Crippen molar-refractivity contribution < 1.29 is 38.0 Å². The van der Waals surface area contributed by atoms with Crippen LogP contribution in [0.1, 0.15) is 18.9 Å². The minimum absolute atomic E-state index is 0.158. The number of aromatic amines is 1. The molecular weight excluding hydrogens is 561 g/mol. The van der Waals surface area contributed by atoms with Gasteiger partial charge in [0.05, 0.1) is 25.6 Å². The minimum atomic E-state index is -4.15. The molecule has 0 spiro atoms. The summed E-state index contributed by atoms with van der Waals surface area (Å²) in [5, 5.41) is 20.4. The van der Waals surface area contributed by atoms with Crippen molar-refractivity contribution in [2.75, 3.05) is 26.1 Å². The summed E-state index contributed by atoms with van der Waals surface area (Å²) in [7, 11) is 1.30. The number of aliphatic hydroxyl groups is 2. The highest BCUT2D eigenvalue weighted by Crippen LogP contribution is 2.56. The topological polar surface area (TPSA) is 228 Å². The normalized spacial score (nSPS) is 30.6. The van der Waals surface area contributed by atoms with E-state index in [1.807, 2.05) is 0 Å².